The van der Waals surface area contributed by atoms with Gasteiger partial charge in [0.05, 0.1) is 13.7 Å². The second-order valence-corrected chi connectivity index (χ2v) is 7.47. The summed E-state index contributed by atoms with van der Waals surface area (Å²) in [5.41, 5.74) is 2.58. The number of nitrogens with zero attached hydrogens (tertiary/aromatic N) is 4. The number of amides is 1. The molecule has 33 heavy (non-hydrogen) atoms. The second kappa shape index (κ2) is 8.62. The molecular formula is C24H21N5O4. The van der Waals surface area contributed by atoms with Gasteiger partial charge in [0.25, 0.3) is 5.91 Å². The van der Waals surface area contributed by atoms with E-state index in [0.29, 0.717) is 53.4 Å². The van der Waals surface area contributed by atoms with Gasteiger partial charge in [0, 0.05) is 18.2 Å². The molecule has 9 nitrogen and oxygen atoms in total. The third-order valence-electron chi connectivity index (χ3n) is 5.35. The summed E-state index contributed by atoms with van der Waals surface area (Å²) in [6, 6.07) is 16.6. The molecule has 2 aliphatic heterocycles. The van der Waals surface area contributed by atoms with Crippen LogP contribution >= 0.6 is 0 Å². The van der Waals surface area contributed by atoms with Crippen molar-refractivity contribution in [2.45, 2.75) is 6.61 Å². The monoisotopic (exact) mass is 443 g/mol. The van der Waals surface area contributed by atoms with Gasteiger partial charge in [0.2, 0.25) is 5.96 Å². The van der Waals surface area contributed by atoms with Gasteiger partial charge in [-0.25, -0.2) is 4.99 Å². The maximum atomic E-state index is 12.8. The van der Waals surface area contributed by atoms with Gasteiger partial charge >= 0.3 is 0 Å². The molecular weight excluding hydrogens is 422 g/mol. The van der Waals surface area contributed by atoms with Crippen molar-refractivity contribution >= 4 is 23.4 Å². The number of rotatable bonds is 5. The normalized spacial score (nSPS) is 14.0. The highest BCUT2D eigenvalue weighted by molar-refractivity contribution is 6.20. The molecule has 5 rings (SSSR count). The molecule has 0 spiro atoms. The molecule has 2 aromatic carbocycles. The van der Waals surface area contributed by atoms with Crippen molar-refractivity contribution < 1.29 is 19.0 Å². The highest BCUT2D eigenvalue weighted by atomic mass is 16.5. The number of aliphatic imine (C=N–C) groups is 2. The van der Waals surface area contributed by atoms with Crippen LogP contribution in [-0.2, 0) is 6.61 Å². The highest BCUT2D eigenvalue weighted by Crippen LogP contribution is 2.43. The van der Waals surface area contributed by atoms with Crippen LogP contribution in [0, 0.1) is 5.21 Å². The second-order valence-electron chi connectivity index (χ2n) is 7.47. The highest BCUT2D eigenvalue weighted by Gasteiger charge is 2.33. The first-order chi connectivity index (χ1) is 16.1. The number of amidine groups is 1. The number of fused-ring (bicyclic) bond motifs is 3. The quantitative estimate of drug-likeness (QED) is 0.482. The molecule has 0 saturated heterocycles. The first-order valence-corrected chi connectivity index (χ1v) is 10.4. The average molecular weight is 443 g/mol. The summed E-state index contributed by atoms with van der Waals surface area (Å²) < 4.78 is 12.3. The van der Waals surface area contributed by atoms with E-state index in [2.05, 4.69) is 10.3 Å². The van der Waals surface area contributed by atoms with Crippen molar-refractivity contribution in [2.75, 3.05) is 20.2 Å². The largest absolute Gasteiger partial charge is 0.619 e. The molecule has 0 unspecified atom stereocenters. The Kier molecular flexibility index (Phi) is 5.35. The average Bonchev–Trinajstić information content (AvgIpc) is 3.33. The van der Waals surface area contributed by atoms with E-state index in [9.17, 15) is 10.0 Å². The van der Waals surface area contributed by atoms with Crippen LogP contribution in [0.1, 0.15) is 21.5 Å². The zero-order valence-corrected chi connectivity index (χ0v) is 17.9. The van der Waals surface area contributed by atoms with Gasteiger partial charge in [0.1, 0.15) is 23.7 Å². The van der Waals surface area contributed by atoms with E-state index in [-0.39, 0.29) is 5.56 Å². The number of benzene rings is 2. The van der Waals surface area contributed by atoms with E-state index in [1.807, 2.05) is 47.4 Å². The number of carbonyl (C=O) groups excluding carboxylic acids is 1. The minimum Gasteiger partial charge on any atom is -0.619 e. The molecule has 1 amide bonds. The van der Waals surface area contributed by atoms with Gasteiger partial charge < -0.3 is 14.7 Å². The van der Waals surface area contributed by atoms with Gasteiger partial charge in [-0.15, -0.1) is 0 Å². The zero-order valence-electron chi connectivity index (χ0n) is 17.9. The Hall–Kier alpha value is -4.40. The fraction of sp³-hybridized carbons (Fsp3) is 0.167. The van der Waals surface area contributed by atoms with Crippen LogP contribution in [0.2, 0.25) is 0 Å². The molecule has 166 valence electrons. The summed E-state index contributed by atoms with van der Waals surface area (Å²) in [7, 11) is 1.55. The van der Waals surface area contributed by atoms with E-state index >= 15 is 0 Å². The van der Waals surface area contributed by atoms with E-state index in [1.54, 1.807) is 13.2 Å². The standard InChI is InChI=1S/C24H21N5O4/c1-32-21-19(33-15-16-6-3-2-4-7-16)10-9-18-20(21)26-24(29-13-11-25-22(18)29)27-23(30)17-8-5-12-28(31)14-17/h2-10,12,14H,11,13,15H2,1H3,(H,26,27,30). The van der Waals surface area contributed by atoms with Crippen LogP contribution in [0.15, 0.2) is 77.0 Å². The summed E-state index contributed by atoms with van der Waals surface area (Å²) >= 11 is 0. The predicted molar refractivity (Wildman–Crippen MR) is 122 cm³/mol. The van der Waals surface area contributed by atoms with Crippen molar-refractivity contribution in [3.05, 3.63) is 88.9 Å². The van der Waals surface area contributed by atoms with Gasteiger partial charge in [-0.2, -0.15) is 4.73 Å². The molecule has 0 aliphatic carbocycles. The van der Waals surface area contributed by atoms with Crippen LogP contribution in [-0.4, -0.2) is 42.8 Å². The van der Waals surface area contributed by atoms with E-state index in [1.165, 1.54) is 18.5 Å². The summed E-state index contributed by atoms with van der Waals surface area (Å²) in [5.74, 6) is 1.58. The SMILES string of the molecule is COc1c(OCc2ccccc2)ccc2c1N=C(NC(=O)c1ccc[n+]([O-])c1)N1CCN=C21. The summed E-state index contributed by atoms with van der Waals surface area (Å²) in [4.78, 5) is 23.9. The Bertz CT molecular complexity index is 1270. The van der Waals surface area contributed by atoms with Crippen molar-refractivity contribution in [1.29, 1.82) is 0 Å². The smallest absolute Gasteiger partial charge is 0.264 e. The molecule has 3 heterocycles. The molecule has 0 fully saturated rings. The number of carbonyl (C=O) groups is 1. The molecule has 3 aromatic rings. The molecule has 1 N–H and O–H groups in total. The third-order valence-corrected chi connectivity index (χ3v) is 5.35. The number of hydrogen-bond donors (Lipinski definition) is 1. The van der Waals surface area contributed by atoms with E-state index < -0.39 is 5.91 Å². The summed E-state index contributed by atoms with van der Waals surface area (Å²) in [6.07, 6.45) is 2.53. The third kappa shape index (κ3) is 3.96. The zero-order chi connectivity index (χ0) is 22.8. The van der Waals surface area contributed by atoms with Gasteiger partial charge in [-0.05, 0) is 23.8 Å². The van der Waals surface area contributed by atoms with Crippen LogP contribution in [0.4, 0.5) is 5.69 Å². The fourth-order valence-corrected chi connectivity index (χ4v) is 3.80. The maximum Gasteiger partial charge on any atom is 0.264 e. The van der Waals surface area contributed by atoms with Crippen molar-refractivity contribution in [3.8, 4) is 11.5 Å². The molecule has 0 saturated carbocycles. The van der Waals surface area contributed by atoms with Gasteiger partial charge in [0.15, 0.2) is 23.9 Å². The number of nitrogens with one attached hydrogen (secondary N) is 1. The molecule has 0 radical (unpaired) electrons. The number of aromatic nitrogens is 1. The first kappa shape index (κ1) is 20.5. The van der Waals surface area contributed by atoms with Crippen LogP contribution in [0.5, 0.6) is 11.5 Å². The fourth-order valence-electron chi connectivity index (χ4n) is 3.80. The Morgan fingerprint density at radius 2 is 2.03 bits per heavy atom. The minimum absolute atomic E-state index is 0.227. The summed E-state index contributed by atoms with van der Waals surface area (Å²) in [6.45, 7) is 1.53. The molecule has 0 atom stereocenters. The van der Waals surface area contributed by atoms with E-state index in [4.69, 9.17) is 14.5 Å². The van der Waals surface area contributed by atoms with Gasteiger partial charge in [-0.3, -0.25) is 20.0 Å². The van der Waals surface area contributed by atoms with Crippen LogP contribution in [0.25, 0.3) is 0 Å². The lowest BCUT2D eigenvalue weighted by atomic mass is 10.1. The van der Waals surface area contributed by atoms with Crippen molar-refractivity contribution in [3.63, 3.8) is 0 Å². The molecule has 1 aromatic heterocycles. The summed E-state index contributed by atoms with van der Waals surface area (Å²) in [5, 5.41) is 14.4. The lowest BCUT2D eigenvalue weighted by Crippen LogP contribution is -2.48. The number of pyridine rings is 1. The Labute approximate surface area is 190 Å². The van der Waals surface area contributed by atoms with Gasteiger partial charge in [-0.1, -0.05) is 30.3 Å². The molecule has 9 heteroatoms. The Morgan fingerprint density at radius 3 is 2.82 bits per heavy atom. The van der Waals surface area contributed by atoms with Crippen LogP contribution < -0.4 is 19.5 Å². The topological polar surface area (TPSA) is 102 Å². The number of guanidine groups is 1. The van der Waals surface area contributed by atoms with Crippen LogP contribution in [0.3, 0.4) is 0 Å². The Morgan fingerprint density at radius 1 is 1.18 bits per heavy atom. The lowest BCUT2D eigenvalue weighted by molar-refractivity contribution is -0.605. The number of ether oxygens (including phenoxy) is 2. The Balaban J connectivity index is 1.49. The lowest BCUT2D eigenvalue weighted by Gasteiger charge is -2.28. The molecule has 2 aliphatic rings. The predicted octanol–water partition coefficient (Wildman–Crippen LogP) is 2.40. The minimum atomic E-state index is -0.441. The van der Waals surface area contributed by atoms with Crippen molar-refractivity contribution in [2.24, 2.45) is 9.98 Å². The molecule has 0 bridgehead atoms. The van der Waals surface area contributed by atoms with E-state index in [0.717, 1.165) is 11.1 Å². The number of methoxy groups -OCH3 is 1. The first-order valence-electron chi connectivity index (χ1n) is 10.4. The maximum absolute atomic E-state index is 12.8. The van der Waals surface area contributed by atoms with Crippen molar-refractivity contribution in [1.82, 2.24) is 10.2 Å². The number of hydrogen-bond acceptors (Lipinski definition) is 7.